The third-order valence-corrected chi connectivity index (χ3v) is 2.43. The van der Waals surface area contributed by atoms with Gasteiger partial charge in [0.25, 0.3) is 0 Å². The highest BCUT2D eigenvalue weighted by atomic mass is 16.3. The SMILES string of the molecule is Cc1cccc(CN(CCO)C(C)C)n1. The van der Waals surface area contributed by atoms with Gasteiger partial charge in [-0.25, -0.2) is 0 Å². The van der Waals surface area contributed by atoms with Crippen LogP contribution in [-0.4, -0.2) is 34.2 Å². The molecule has 0 bridgehead atoms. The van der Waals surface area contributed by atoms with Gasteiger partial charge in [0.2, 0.25) is 0 Å². The third-order valence-electron chi connectivity index (χ3n) is 2.43. The van der Waals surface area contributed by atoms with Gasteiger partial charge < -0.3 is 5.11 Å². The topological polar surface area (TPSA) is 36.4 Å². The number of aliphatic hydroxyl groups is 1. The van der Waals surface area contributed by atoms with E-state index in [1.807, 2.05) is 25.1 Å². The molecule has 0 fully saturated rings. The average molecular weight is 208 g/mol. The Labute approximate surface area is 91.8 Å². The van der Waals surface area contributed by atoms with Crippen molar-refractivity contribution in [3.05, 3.63) is 29.6 Å². The van der Waals surface area contributed by atoms with Crippen molar-refractivity contribution in [2.75, 3.05) is 13.2 Å². The Morgan fingerprint density at radius 2 is 2.13 bits per heavy atom. The Balaban J connectivity index is 2.65. The third kappa shape index (κ3) is 3.98. The van der Waals surface area contributed by atoms with Gasteiger partial charge in [0.15, 0.2) is 0 Å². The Morgan fingerprint density at radius 3 is 2.67 bits per heavy atom. The fourth-order valence-corrected chi connectivity index (χ4v) is 1.54. The minimum Gasteiger partial charge on any atom is -0.395 e. The van der Waals surface area contributed by atoms with Crippen LogP contribution in [0.3, 0.4) is 0 Å². The van der Waals surface area contributed by atoms with Crippen LogP contribution in [0.25, 0.3) is 0 Å². The molecule has 0 radical (unpaired) electrons. The Kier molecular flexibility index (Phi) is 4.72. The maximum atomic E-state index is 8.96. The minimum atomic E-state index is 0.198. The molecule has 1 rings (SSSR count). The van der Waals surface area contributed by atoms with E-state index >= 15 is 0 Å². The van der Waals surface area contributed by atoms with Crippen LogP contribution in [-0.2, 0) is 6.54 Å². The predicted molar refractivity (Wildman–Crippen MR) is 61.6 cm³/mol. The molecule has 15 heavy (non-hydrogen) atoms. The zero-order chi connectivity index (χ0) is 11.3. The number of aliphatic hydroxyl groups excluding tert-OH is 1. The smallest absolute Gasteiger partial charge is 0.0558 e. The lowest BCUT2D eigenvalue weighted by atomic mass is 10.2. The summed E-state index contributed by atoms with van der Waals surface area (Å²) in [5, 5.41) is 8.96. The largest absolute Gasteiger partial charge is 0.395 e. The highest BCUT2D eigenvalue weighted by molar-refractivity contribution is 5.09. The summed E-state index contributed by atoms with van der Waals surface area (Å²) in [6.07, 6.45) is 0. The molecule has 84 valence electrons. The molecule has 0 saturated carbocycles. The van der Waals surface area contributed by atoms with Gasteiger partial charge in [0, 0.05) is 24.8 Å². The first-order valence-electron chi connectivity index (χ1n) is 5.41. The molecule has 0 saturated heterocycles. The summed E-state index contributed by atoms with van der Waals surface area (Å²) in [5.74, 6) is 0. The van der Waals surface area contributed by atoms with Crippen LogP contribution in [0.5, 0.6) is 0 Å². The van der Waals surface area contributed by atoms with E-state index in [1.54, 1.807) is 0 Å². The zero-order valence-corrected chi connectivity index (χ0v) is 9.77. The fourth-order valence-electron chi connectivity index (χ4n) is 1.54. The number of rotatable bonds is 5. The molecular formula is C12H20N2O. The number of aromatic nitrogens is 1. The van der Waals surface area contributed by atoms with Crippen molar-refractivity contribution in [2.24, 2.45) is 0 Å². The number of aryl methyl sites for hydroxylation is 1. The average Bonchev–Trinajstić information content (AvgIpc) is 2.17. The highest BCUT2D eigenvalue weighted by Gasteiger charge is 2.09. The summed E-state index contributed by atoms with van der Waals surface area (Å²) in [5.41, 5.74) is 2.11. The Hall–Kier alpha value is -0.930. The van der Waals surface area contributed by atoms with Crippen molar-refractivity contribution in [2.45, 2.75) is 33.4 Å². The molecule has 0 aliphatic carbocycles. The summed E-state index contributed by atoms with van der Waals surface area (Å²) in [6, 6.07) is 6.48. The van der Waals surface area contributed by atoms with E-state index in [2.05, 4.69) is 23.7 Å². The van der Waals surface area contributed by atoms with Gasteiger partial charge in [0.05, 0.1) is 12.3 Å². The van der Waals surface area contributed by atoms with E-state index < -0.39 is 0 Å². The molecule has 1 aromatic heterocycles. The van der Waals surface area contributed by atoms with Crippen LogP contribution < -0.4 is 0 Å². The monoisotopic (exact) mass is 208 g/mol. The van der Waals surface area contributed by atoms with Crippen LogP contribution >= 0.6 is 0 Å². The van der Waals surface area contributed by atoms with Gasteiger partial charge in [-0.05, 0) is 32.9 Å². The van der Waals surface area contributed by atoms with Crippen molar-refractivity contribution >= 4 is 0 Å². The van der Waals surface area contributed by atoms with E-state index in [0.29, 0.717) is 12.6 Å². The Bertz CT molecular complexity index is 299. The van der Waals surface area contributed by atoms with Crippen LogP contribution in [0.4, 0.5) is 0 Å². The fraction of sp³-hybridized carbons (Fsp3) is 0.583. The maximum absolute atomic E-state index is 8.96. The zero-order valence-electron chi connectivity index (χ0n) is 9.77. The van der Waals surface area contributed by atoms with E-state index in [-0.39, 0.29) is 6.61 Å². The van der Waals surface area contributed by atoms with Gasteiger partial charge in [0.1, 0.15) is 0 Å². The van der Waals surface area contributed by atoms with Crippen molar-refractivity contribution in [1.82, 2.24) is 9.88 Å². The van der Waals surface area contributed by atoms with Gasteiger partial charge >= 0.3 is 0 Å². The molecule has 0 amide bonds. The quantitative estimate of drug-likeness (QED) is 0.798. The second-order valence-electron chi connectivity index (χ2n) is 4.06. The highest BCUT2D eigenvalue weighted by Crippen LogP contribution is 2.06. The molecule has 1 heterocycles. The van der Waals surface area contributed by atoms with Crippen LogP contribution in [0, 0.1) is 6.92 Å². The van der Waals surface area contributed by atoms with Crippen LogP contribution in [0.15, 0.2) is 18.2 Å². The lowest BCUT2D eigenvalue weighted by molar-refractivity contribution is 0.158. The van der Waals surface area contributed by atoms with Crippen LogP contribution in [0.2, 0.25) is 0 Å². The summed E-state index contributed by atoms with van der Waals surface area (Å²) in [6.45, 7) is 7.96. The van der Waals surface area contributed by atoms with Gasteiger partial charge in [-0.15, -0.1) is 0 Å². The van der Waals surface area contributed by atoms with Crippen LogP contribution in [0.1, 0.15) is 25.2 Å². The first-order chi connectivity index (χ1) is 7.13. The molecular weight excluding hydrogens is 188 g/mol. The molecule has 0 spiro atoms. The second kappa shape index (κ2) is 5.83. The maximum Gasteiger partial charge on any atom is 0.0558 e. The van der Waals surface area contributed by atoms with Gasteiger partial charge in [-0.1, -0.05) is 6.07 Å². The molecule has 3 nitrogen and oxygen atoms in total. The molecule has 0 aliphatic rings. The first-order valence-corrected chi connectivity index (χ1v) is 5.41. The van der Waals surface area contributed by atoms with E-state index in [1.165, 1.54) is 0 Å². The Morgan fingerprint density at radius 1 is 1.40 bits per heavy atom. The minimum absolute atomic E-state index is 0.198. The number of nitrogens with zero attached hydrogens (tertiary/aromatic N) is 2. The first kappa shape index (κ1) is 12.1. The van der Waals surface area contributed by atoms with Gasteiger partial charge in [-0.3, -0.25) is 9.88 Å². The lowest BCUT2D eigenvalue weighted by Crippen LogP contribution is -2.33. The summed E-state index contributed by atoms with van der Waals surface area (Å²) < 4.78 is 0. The lowest BCUT2D eigenvalue weighted by Gasteiger charge is -2.25. The predicted octanol–water partition coefficient (Wildman–Crippen LogP) is 1.59. The van der Waals surface area contributed by atoms with Crippen molar-refractivity contribution < 1.29 is 5.11 Å². The second-order valence-corrected chi connectivity index (χ2v) is 4.06. The van der Waals surface area contributed by atoms with Crippen molar-refractivity contribution in [3.63, 3.8) is 0 Å². The van der Waals surface area contributed by atoms with Crippen molar-refractivity contribution in [3.8, 4) is 0 Å². The molecule has 3 heteroatoms. The standard InChI is InChI=1S/C12H20N2O/c1-10(2)14(7-8-15)9-12-6-4-5-11(3)13-12/h4-6,10,15H,7-9H2,1-3H3. The molecule has 1 N–H and O–H groups in total. The van der Waals surface area contributed by atoms with Gasteiger partial charge in [-0.2, -0.15) is 0 Å². The van der Waals surface area contributed by atoms with E-state index in [4.69, 9.17) is 5.11 Å². The number of pyridine rings is 1. The molecule has 1 aromatic rings. The summed E-state index contributed by atoms with van der Waals surface area (Å²) >= 11 is 0. The number of hydrogen-bond acceptors (Lipinski definition) is 3. The molecule has 0 aromatic carbocycles. The summed E-state index contributed by atoms with van der Waals surface area (Å²) in [4.78, 5) is 6.66. The molecule has 0 aliphatic heterocycles. The van der Waals surface area contributed by atoms with Crippen molar-refractivity contribution in [1.29, 1.82) is 0 Å². The molecule has 0 unspecified atom stereocenters. The van der Waals surface area contributed by atoms with E-state index in [9.17, 15) is 0 Å². The summed E-state index contributed by atoms with van der Waals surface area (Å²) in [7, 11) is 0. The van der Waals surface area contributed by atoms with E-state index in [0.717, 1.165) is 17.9 Å². The normalized spacial score (nSPS) is 11.3. The number of hydrogen-bond donors (Lipinski definition) is 1. The molecule has 0 atom stereocenters.